The highest BCUT2D eigenvalue weighted by atomic mass is 16.6. The number of fused-ring (bicyclic) bond motifs is 1. The highest BCUT2D eigenvalue weighted by Gasteiger charge is 2.49. The standard InChI is InChI=1S/C20H26N4O4/c1-12(25)23-8-6-15-13(11-23)10-21-18(22-15)16-5-4-7-24(16)19(27)14-9-17(26)28-20(14,2)3/h10,14,16H,4-9,11H2,1-3H3. The number of rotatable bonds is 2. The summed E-state index contributed by atoms with van der Waals surface area (Å²) in [5.74, 6) is -0.133. The van der Waals surface area contributed by atoms with Crippen LogP contribution >= 0.6 is 0 Å². The molecule has 8 nitrogen and oxygen atoms in total. The average molecular weight is 386 g/mol. The lowest BCUT2D eigenvalue weighted by molar-refractivity contribution is -0.149. The van der Waals surface area contributed by atoms with Crippen LogP contribution < -0.4 is 0 Å². The molecule has 0 N–H and O–H groups in total. The predicted molar refractivity (Wildman–Crippen MR) is 98.8 cm³/mol. The van der Waals surface area contributed by atoms with E-state index in [2.05, 4.69) is 4.98 Å². The second-order valence-electron chi connectivity index (χ2n) is 8.41. The molecular weight excluding hydrogens is 360 g/mol. The molecule has 2 amide bonds. The van der Waals surface area contributed by atoms with Crippen LogP contribution in [0.25, 0.3) is 0 Å². The fourth-order valence-electron chi connectivity index (χ4n) is 4.46. The molecule has 8 heteroatoms. The van der Waals surface area contributed by atoms with Crippen LogP contribution in [0.15, 0.2) is 6.20 Å². The van der Waals surface area contributed by atoms with Crippen molar-refractivity contribution in [2.45, 2.75) is 64.6 Å². The second kappa shape index (κ2) is 6.83. The lowest BCUT2D eigenvalue weighted by Gasteiger charge is -2.31. The zero-order valence-electron chi connectivity index (χ0n) is 16.6. The van der Waals surface area contributed by atoms with Crippen LogP contribution in [-0.2, 0) is 32.1 Å². The van der Waals surface area contributed by atoms with Crippen LogP contribution in [0.1, 0.15) is 63.2 Å². The molecule has 0 aliphatic carbocycles. The summed E-state index contributed by atoms with van der Waals surface area (Å²) < 4.78 is 5.34. The fourth-order valence-corrected chi connectivity index (χ4v) is 4.46. The summed E-state index contributed by atoms with van der Waals surface area (Å²) >= 11 is 0. The first kappa shape index (κ1) is 18.8. The van der Waals surface area contributed by atoms with E-state index in [9.17, 15) is 14.4 Å². The highest BCUT2D eigenvalue weighted by Crippen LogP contribution is 2.38. The maximum atomic E-state index is 13.2. The van der Waals surface area contributed by atoms with E-state index >= 15 is 0 Å². The fraction of sp³-hybridized carbons (Fsp3) is 0.650. The topological polar surface area (TPSA) is 92.7 Å². The largest absolute Gasteiger partial charge is 0.459 e. The third kappa shape index (κ3) is 3.25. The minimum atomic E-state index is -0.784. The van der Waals surface area contributed by atoms with Crippen molar-refractivity contribution in [1.29, 1.82) is 0 Å². The summed E-state index contributed by atoms with van der Waals surface area (Å²) in [5, 5.41) is 0. The molecule has 2 fully saturated rings. The zero-order chi connectivity index (χ0) is 20.1. The minimum Gasteiger partial charge on any atom is -0.459 e. The van der Waals surface area contributed by atoms with Gasteiger partial charge in [-0.15, -0.1) is 0 Å². The van der Waals surface area contributed by atoms with Crippen molar-refractivity contribution in [1.82, 2.24) is 19.8 Å². The Balaban J connectivity index is 1.55. The number of ether oxygens (including phenoxy) is 1. The van der Waals surface area contributed by atoms with E-state index in [0.29, 0.717) is 31.9 Å². The van der Waals surface area contributed by atoms with Gasteiger partial charge in [0.25, 0.3) is 0 Å². The van der Waals surface area contributed by atoms with Gasteiger partial charge in [-0.2, -0.15) is 0 Å². The molecule has 2 atom stereocenters. The molecule has 4 rings (SSSR count). The Morgan fingerprint density at radius 3 is 2.75 bits per heavy atom. The number of hydrogen-bond acceptors (Lipinski definition) is 6. The van der Waals surface area contributed by atoms with Crippen molar-refractivity contribution in [2.24, 2.45) is 5.92 Å². The SMILES string of the molecule is CC(=O)N1CCc2nc(C3CCCN3C(=O)C3CC(=O)OC3(C)C)ncc2C1. The first-order valence-electron chi connectivity index (χ1n) is 9.89. The normalized spacial score (nSPS) is 26.2. The monoisotopic (exact) mass is 386 g/mol. The van der Waals surface area contributed by atoms with Gasteiger partial charge in [0.2, 0.25) is 11.8 Å². The summed E-state index contributed by atoms with van der Waals surface area (Å²) in [5.41, 5.74) is 1.15. The Kier molecular flexibility index (Phi) is 4.59. The number of likely N-dealkylation sites (tertiary alicyclic amines) is 1. The minimum absolute atomic E-state index is 0.0533. The van der Waals surface area contributed by atoms with Crippen LogP contribution in [0.3, 0.4) is 0 Å². The lowest BCUT2D eigenvalue weighted by atomic mass is 9.89. The quantitative estimate of drug-likeness (QED) is 0.713. The van der Waals surface area contributed by atoms with E-state index < -0.39 is 11.5 Å². The molecule has 2 unspecified atom stereocenters. The van der Waals surface area contributed by atoms with Gasteiger partial charge in [0, 0.05) is 44.7 Å². The summed E-state index contributed by atoms with van der Waals surface area (Å²) in [7, 11) is 0. The van der Waals surface area contributed by atoms with Gasteiger partial charge in [-0.25, -0.2) is 9.97 Å². The number of cyclic esters (lactones) is 1. The molecule has 3 aliphatic heterocycles. The van der Waals surface area contributed by atoms with Crippen LogP contribution in [0, 0.1) is 5.92 Å². The first-order valence-corrected chi connectivity index (χ1v) is 9.89. The van der Waals surface area contributed by atoms with E-state index in [4.69, 9.17) is 9.72 Å². The summed E-state index contributed by atoms with van der Waals surface area (Å²) in [6, 6.07) is -0.171. The molecule has 1 aromatic heterocycles. The molecular formula is C20H26N4O4. The third-order valence-corrected chi connectivity index (χ3v) is 6.12. The van der Waals surface area contributed by atoms with E-state index in [0.717, 1.165) is 24.1 Å². The molecule has 150 valence electrons. The lowest BCUT2D eigenvalue weighted by Crippen LogP contribution is -2.43. The number of aromatic nitrogens is 2. The van der Waals surface area contributed by atoms with E-state index in [-0.39, 0.29) is 30.2 Å². The van der Waals surface area contributed by atoms with Gasteiger partial charge < -0.3 is 14.5 Å². The Bertz CT molecular complexity index is 837. The number of amides is 2. The molecule has 0 radical (unpaired) electrons. The van der Waals surface area contributed by atoms with Gasteiger partial charge in [-0.05, 0) is 26.7 Å². The molecule has 3 aliphatic rings. The van der Waals surface area contributed by atoms with Crippen molar-refractivity contribution >= 4 is 17.8 Å². The van der Waals surface area contributed by atoms with E-state index in [1.807, 2.05) is 4.90 Å². The number of carbonyl (C=O) groups excluding carboxylic acids is 3. The smallest absolute Gasteiger partial charge is 0.307 e. The van der Waals surface area contributed by atoms with Crippen LogP contribution in [0.2, 0.25) is 0 Å². The Hall–Kier alpha value is -2.51. The molecule has 28 heavy (non-hydrogen) atoms. The Labute approximate surface area is 164 Å². The van der Waals surface area contributed by atoms with Crippen LogP contribution in [0.5, 0.6) is 0 Å². The maximum Gasteiger partial charge on any atom is 0.307 e. The highest BCUT2D eigenvalue weighted by molar-refractivity contribution is 5.88. The average Bonchev–Trinajstić information content (AvgIpc) is 3.23. The summed E-state index contributed by atoms with van der Waals surface area (Å²) in [4.78, 5) is 49.4. The number of hydrogen-bond donors (Lipinski definition) is 0. The number of nitrogens with zero attached hydrogens (tertiary/aromatic N) is 4. The number of carbonyl (C=O) groups is 3. The van der Waals surface area contributed by atoms with Crippen molar-refractivity contribution in [3.63, 3.8) is 0 Å². The van der Waals surface area contributed by atoms with Gasteiger partial charge in [-0.1, -0.05) is 0 Å². The predicted octanol–water partition coefficient (Wildman–Crippen LogP) is 1.39. The van der Waals surface area contributed by atoms with E-state index in [1.165, 1.54) is 0 Å². The summed E-state index contributed by atoms with van der Waals surface area (Å²) in [6.07, 6.45) is 4.31. The number of esters is 1. The van der Waals surface area contributed by atoms with Gasteiger partial charge >= 0.3 is 5.97 Å². The maximum absolute atomic E-state index is 13.2. The Morgan fingerprint density at radius 1 is 1.29 bits per heavy atom. The van der Waals surface area contributed by atoms with Gasteiger partial charge in [0.15, 0.2) is 5.82 Å². The van der Waals surface area contributed by atoms with Crippen LogP contribution in [0.4, 0.5) is 0 Å². The van der Waals surface area contributed by atoms with E-state index in [1.54, 1.807) is 31.9 Å². The molecule has 0 saturated carbocycles. The molecule has 0 bridgehead atoms. The van der Waals surface area contributed by atoms with Gasteiger partial charge in [0.05, 0.1) is 24.1 Å². The second-order valence-corrected chi connectivity index (χ2v) is 8.41. The van der Waals surface area contributed by atoms with Crippen molar-refractivity contribution in [3.8, 4) is 0 Å². The molecule has 4 heterocycles. The van der Waals surface area contributed by atoms with Crippen molar-refractivity contribution < 1.29 is 19.1 Å². The van der Waals surface area contributed by atoms with Crippen molar-refractivity contribution in [3.05, 3.63) is 23.3 Å². The molecule has 2 saturated heterocycles. The molecule has 0 aromatic carbocycles. The van der Waals surface area contributed by atoms with Gasteiger partial charge in [-0.3, -0.25) is 14.4 Å². The van der Waals surface area contributed by atoms with Gasteiger partial charge in [0.1, 0.15) is 5.60 Å². The summed E-state index contributed by atoms with van der Waals surface area (Å²) in [6.45, 7) is 6.99. The molecule has 0 spiro atoms. The molecule has 1 aromatic rings. The zero-order valence-corrected chi connectivity index (χ0v) is 16.6. The first-order chi connectivity index (χ1) is 13.3. The third-order valence-electron chi connectivity index (χ3n) is 6.12. The van der Waals surface area contributed by atoms with Crippen LogP contribution in [-0.4, -0.2) is 56.2 Å². The van der Waals surface area contributed by atoms with Crippen molar-refractivity contribution in [2.75, 3.05) is 13.1 Å². The Morgan fingerprint density at radius 2 is 2.07 bits per heavy atom.